The highest BCUT2D eigenvalue weighted by Gasteiger charge is 2.44. The standard InChI is InChI=1S/C25H35F/c1-2-3-4-5-18-6-14-24-21(16-18)7-8-22-17-20(11-15-25(22)24)19-9-12-23(26)13-10-19/h2-3,9-10,12-13,18,20-22,24-25H,4-8,11,14-17H2,1H3/b3-2+/t18-,20?,21-,22+,24+,25+/m1/s1. The van der Waals surface area contributed by atoms with Crippen LogP contribution in [0.3, 0.4) is 0 Å². The number of fused-ring (bicyclic) bond motifs is 3. The van der Waals surface area contributed by atoms with E-state index in [-0.39, 0.29) is 5.82 Å². The van der Waals surface area contributed by atoms with E-state index in [0.717, 1.165) is 29.6 Å². The van der Waals surface area contributed by atoms with Crippen molar-refractivity contribution in [2.24, 2.45) is 29.6 Å². The van der Waals surface area contributed by atoms with Gasteiger partial charge in [-0.1, -0.05) is 30.7 Å². The molecule has 3 aliphatic carbocycles. The maximum atomic E-state index is 13.2. The van der Waals surface area contributed by atoms with E-state index >= 15 is 0 Å². The van der Waals surface area contributed by atoms with E-state index in [2.05, 4.69) is 19.1 Å². The Morgan fingerprint density at radius 3 is 2.31 bits per heavy atom. The molecular formula is C25H35F. The summed E-state index contributed by atoms with van der Waals surface area (Å²) < 4.78 is 13.2. The van der Waals surface area contributed by atoms with Crippen LogP contribution in [0.2, 0.25) is 0 Å². The summed E-state index contributed by atoms with van der Waals surface area (Å²) in [6.07, 6.45) is 18.7. The summed E-state index contributed by atoms with van der Waals surface area (Å²) in [6.45, 7) is 2.14. The van der Waals surface area contributed by atoms with Crippen LogP contribution in [0.15, 0.2) is 36.4 Å². The van der Waals surface area contributed by atoms with Gasteiger partial charge in [0.15, 0.2) is 0 Å². The minimum absolute atomic E-state index is 0.103. The molecule has 0 heterocycles. The second-order valence-corrected chi connectivity index (χ2v) is 9.31. The fraction of sp³-hybridized carbons (Fsp3) is 0.680. The normalized spacial score (nSPS) is 37.3. The fourth-order valence-corrected chi connectivity index (χ4v) is 6.69. The molecule has 142 valence electrons. The highest BCUT2D eigenvalue weighted by atomic mass is 19.1. The molecule has 4 rings (SSSR count). The Morgan fingerprint density at radius 2 is 1.58 bits per heavy atom. The minimum atomic E-state index is -0.103. The summed E-state index contributed by atoms with van der Waals surface area (Å²) >= 11 is 0. The molecule has 0 nitrogen and oxygen atoms in total. The average Bonchev–Trinajstić information content (AvgIpc) is 2.68. The molecule has 0 saturated heterocycles. The first-order valence-electron chi connectivity index (χ1n) is 11.1. The molecule has 3 aliphatic rings. The molecule has 0 N–H and O–H groups in total. The van der Waals surface area contributed by atoms with Crippen LogP contribution in [0.4, 0.5) is 4.39 Å². The Balaban J connectivity index is 1.35. The van der Waals surface area contributed by atoms with E-state index in [1.807, 2.05) is 12.1 Å². The molecule has 3 saturated carbocycles. The van der Waals surface area contributed by atoms with Gasteiger partial charge in [-0.15, -0.1) is 0 Å². The average molecular weight is 355 g/mol. The van der Waals surface area contributed by atoms with Gasteiger partial charge in [-0.3, -0.25) is 0 Å². The fourth-order valence-electron chi connectivity index (χ4n) is 6.69. The minimum Gasteiger partial charge on any atom is -0.207 e. The van der Waals surface area contributed by atoms with Gasteiger partial charge >= 0.3 is 0 Å². The van der Waals surface area contributed by atoms with Gasteiger partial charge in [-0.2, -0.15) is 0 Å². The number of hydrogen-bond donors (Lipinski definition) is 0. The molecule has 0 aliphatic heterocycles. The second-order valence-electron chi connectivity index (χ2n) is 9.31. The van der Waals surface area contributed by atoms with E-state index in [1.165, 1.54) is 69.8 Å². The largest absolute Gasteiger partial charge is 0.207 e. The lowest BCUT2D eigenvalue weighted by Crippen LogP contribution is -2.41. The van der Waals surface area contributed by atoms with Crippen molar-refractivity contribution in [2.45, 2.75) is 77.0 Å². The topological polar surface area (TPSA) is 0 Å². The lowest BCUT2D eigenvalue weighted by Gasteiger charge is -2.51. The van der Waals surface area contributed by atoms with E-state index in [4.69, 9.17) is 0 Å². The summed E-state index contributed by atoms with van der Waals surface area (Å²) in [7, 11) is 0. The molecule has 1 aromatic carbocycles. The van der Waals surface area contributed by atoms with Crippen LogP contribution in [0.25, 0.3) is 0 Å². The molecule has 0 radical (unpaired) electrons. The molecular weight excluding hydrogens is 319 g/mol. The van der Waals surface area contributed by atoms with Crippen molar-refractivity contribution in [3.8, 4) is 0 Å². The first-order valence-corrected chi connectivity index (χ1v) is 11.1. The number of benzene rings is 1. The molecule has 1 heteroatoms. The van der Waals surface area contributed by atoms with Crippen LogP contribution in [-0.4, -0.2) is 0 Å². The Bertz CT molecular complexity index is 601. The third-order valence-corrected chi connectivity index (χ3v) is 7.97. The van der Waals surface area contributed by atoms with E-state index in [0.29, 0.717) is 5.92 Å². The number of rotatable bonds is 4. The van der Waals surface area contributed by atoms with Crippen molar-refractivity contribution in [3.05, 3.63) is 47.8 Å². The van der Waals surface area contributed by atoms with Gasteiger partial charge in [-0.25, -0.2) is 4.39 Å². The van der Waals surface area contributed by atoms with Crippen LogP contribution >= 0.6 is 0 Å². The van der Waals surface area contributed by atoms with Crippen molar-refractivity contribution < 1.29 is 4.39 Å². The first kappa shape index (κ1) is 18.3. The summed E-state index contributed by atoms with van der Waals surface area (Å²) in [5, 5.41) is 0. The molecule has 6 atom stereocenters. The lowest BCUT2D eigenvalue weighted by atomic mass is 9.55. The molecule has 3 fully saturated rings. The van der Waals surface area contributed by atoms with Crippen LogP contribution in [0.5, 0.6) is 0 Å². The number of halogens is 1. The van der Waals surface area contributed by atoms with Gasteiger partial charge in [-0.05, 0) is 118 Å². The van der Waals surface area contributed by atoms with Gasteiger partial charge in [0.1, 0.15) is 5.82 Å². The highest BCUT2D eigenvalue weighted by Crippen LogP contribution is 2.55. The molecule has 0 aromatic heterocycles. The molecule has 0 spiro atoms. The third-order valence-electron chi connectivity index (χ3n) is 7.97. The van der Waals surface area contributed by atoms with Gasteiger partial charge in [0, 0.05) is 0 Å². The van der Waals surface area contributed by atoms with Crippen LogP contribution in [0.1, 0.15) is 82.6 Å². The summed E-state index contributed by atoms with van der Waals surface area (Å²) in [5.41, 5.74) is 1.37. The van der Waals surface area contributed by atoms with Crippen LogP contribution < -0.4 is 0 Å². The van der Waals surface area contributed by atoms with Gasteiger partial charge in [0.05, 0.1) is 0 Å². The lowest BCUT2D eigenvalue weighted by molar-refractivity contribution is 0.00566. The van der Waals surface area contributed by atoms with Crippen molar-refractivity contribution in [1.29, 1.82) is 0 Å². The molecule has 26 heavy (non-hydrogen) atoms. The Kier molecular flexibility index (Phi) is 5.81. The zero-order chi connectivity index (χ0) is 17.9. The van der Waals surface area contributed by atoms with Crippen LogP contribution in [0, 0.1) is 35.4 Å². The SMILES string of the molecule is C/C=C/CC[C@@H]1CC[C@H]2[C@H](CC[C@H]3CC(c4ccc(F)cc4)CC[C@@H]32)C1. The number of hydrogen-bond acceptors (Lipinski definition) is 0. The van der Waals surface area contributed by atoms with Crippen LogP contribution in [-0.2, 0) is 0 Å². The van der Waals surface area contributed by atoms with E-state index in [9.17, 15) is 4.39 Å². The molecule has 0 bridgehead atoms. The first-order chi connectivity index (χ1) is 12.7. The third kappa shape index (κ3) is 3.92. The van der Waals surface area contributed by atoms with E-state index in [1.54, 1.807) is 12.1 Å². The van der Waals surface area contributed by atoms with Gasteiger partial charge in [0.25, 0.3) is 0 Å². The molecule has 1 aromatic rings. The zero-order valence-corrected chi connectivity index (χ0v) is 16.4. The Hall–Kier alpha value is -1.11. The van der Waals surface area contributed by atoms with Crippen molar-refractivity contribution in [2.75, 3.05) is 0 Å². The Labute approximate surface area is 159 Å². The van der Waals surface area contributed by atoms with Crippen molar-refractivity contribution in [3.63, 3.8) is 0 Å². The maximum absolute atomic E-state index is 13.2. The van der Waals surface area contributed by atoms with Crippen molar-refractivity contribution >= 4 is 0 Å². The zero-order valence-electron chi connectivity index (χ0n) is 16.4. The summed E-state index contributed by atoms with van der Waals surface area (Å²) in [6, 6.07) is 7.35. The van der Waals surface area contributed by atoms with Gasteiger partial charge in [0.2, 0.25) is 0 Å². The quantitative estimate of drug-likeness (QED) is 0.491. The van der Waals surface area contributed by atoms with Crippen molar-refractivity contribution in [1.82, 2.24) is 0 Å². The second kappa shape index (κ2) is 8.28. The Morgan fingerprint density at radius 1 is 0.885 bits per heavy atom. The highest BCUT2D eigenvalue weighted by molar-refractivity contribution is 5.21. The smallest absolute Gasteiger partial charge is 0.123 e. The predicted octanol–water partition coefficient (Wildman–Crippen LogP) is 7.51. The maximum Gasteiger partial charge on any atom is 0.123 e. The monoisotopic (exact) mass is 354 g/mol. The van der Waals surface area contributed by atoms with E-state index < -0.39 is 0 Å². The molecule has 0 amide bonds. The van der Waals surface area contributed by atoms with Gasteiger partial charge < -0.3 is 0 Å². The predicted molar refractivity (Wildman–Crippen MR) is 108 cm³/mol. The summed E-state index contributed by atoms with van der Waals surface area (Å²) in [4.78, 5) is 0. The number of allylic oxidation sites excluding steroid dienone is 2. The summed E-state index contributed by atoms with van der Waals surface area (Å²) in [5.74, 6) is 5.50. The molecule has 1 unspecified atom stereocenters.